The fourth-order valence-corrected chi connectivity index (χ4v) is 3.50. The van der Waals surface area contributed by atoms with Crippen LogP contribution in [-0.4, -0.2) is 15.9 Å². The third-order valence-corrected chi connectivity index (χ3v) is 5.01. The fourth-order valence-electron chi connectivity index (χ4n) is 2.63. The lowest BCUT2D eigenvalue weighted by molar-refractivity contribution is -0.116. The molecule has 1 amide bonds. The second kappa shape index (κ2) is 8.62. The van der Waals surface area contributed by atoms with E-state index in [0.29, 0.717) is 11.3 Å². The predicted molar refractivity (Wildman–Crippen MR) is 111 cm³/mol. The molecule has 4 rings (SSSR count). The third kappa shape index (κ3) is 4.83. The summed E-state index contributed by atoms with van der Waals surface area (Å²) in [5, 5.41) is 3.49. The van der Waals surface area contributed by atoms with E-state index in [1.165, 1.54) is 35.7 Å². The Bertz CT molecular complexity index is 1140. The highest BCUT2D eigenvalue weighted by atomic mass is 32.1. The number of fused-ring (bicyclic) bond motifs is 1. The van der Waals surface area contributed by atoms with Crippen LogP contribution in [0.5, 0.6) is 11.5 Å². The number of rotatable bonds is 6. The largest absolute Gasteiger partial charge is 0.453 e. The highest BCUT2D eigenvalue weighted by Crippen LogP contribution is 2.24. The number of thiazole rings is 1. The molecule has 0 atom stereocenters. The maximum absolute atomic E-state index is 14.3. The number of ether oxygens (including phenoxy) is 1. The topological polar surface area (TPSA) is 64.1 Å². The Kier molecular flexibility index (Phi) is 5.58. The summed E-state index contributed by atoms with van der Waals surface area (Å²) in [6.45, 7) is 0.201. The molecule has 0 aliphatic carbocycles. The van der Waals surface area contributed by atoms with Gasteiger partial charge in [-0.25, -0.2) is 9.37 Å². The molecule has 2 aromatic heterocycles. The molecule has 7 heteroatoms. The molecular formula is C22H16FN3O2S. The van der Waals surface area contributed by atoms with E-state index in [0.717, 1.165) is 15.2 Å². The standard InChI is InChI=1S/C22H16FN3O2S/c23-17-12-15(7-8-19(17)28-16-4-3-11-24-14-16)13-25-21(27)9-10-22-26-18-5-1-2-6-20(18)29-22/h1-12,14H,13H2,(H,25,27)/b10-9+. The Morgan fingerprint density at radius 2 is 2.07 bits per heavy atom. The van der Waals surface area contributed by atoms with Crippen molar-refractivity contribution in [2.75, 3.05) is 0 Å². The minimum atomic E-state index is -0.509. The summed E-state index contributed by atoms with van der Waals surface area (Å²) in [6.07, 6.45) is 6.21. The van der Waals surface area contributed by atoms with Gasteiger partial charge in [0.15, 0.2) is 11.6 Å². The van der Waals surface area contributed by atoms with Crippen molar-refractivity contribution in [2.24, 2.45) is 0 Å². The summed E-state index contributed by atoms with van der Waals surface area (Å²) in [6, 6.07) is 15.8. The van der Waals surface area contributed by atoms with Crippen LogP contribution in [0.2, 0.25) is 0 Å². The van der Waals surface area contributed by atoms with E-state index in [4.69, 9.17) is 4.74 Å². The van der Waals surface area contributed by atoms with Gasteiger partial charge in [0.2, 0.25) is 5.91 Å². The number of pyridine rings is 1. The van der Waals surface area contributed by atoms with E-state index >= 15 is 0 Å². The van der Waals surface area contributed by atoms with E-state index in [9.17, 15) is 9.18 Å². The second-order valence-electron chi connectivity index (χ2n) is 6.13. The summed E-state index contributed by atoms with van der Waals surface area (Å²) >= 11 is 1.51. The fraction of sp³-hybridized carbons (Fsp3) is 0.0455. The normalized spacial score (nSPS) is 11.1. The van der Waals surface area contributed by atoms with E-state index in [1.807, 2.05) is 24.3 Å². The molecule has 0 spiro atoms. The summed E-state index contributed by atoms with van der Waals surface area (Å²) in [5.74, 6) is -0.234. The Morgan fingerprint density at radius 3 is 2.86 bits per heavy atom. The van der Waals surface area contributed by atoms with E-state index < -0.39 is 5.82 Å². The first-order valence-corrected chi connectivity index (χ1v) is 9.67. The van der Waals surface area contributed by atoms with Crippen LogP contribution in [-0.2, 0) is 11.3 Å². The van der Waals surface area contributed by atoms with Gasteiger partial charge in [0, 0.05) is 18.8 Å². The zero-order valence-electron chi connectivity index (χ0n) is 15.2. The van der Waals surface area contributed by atoms with Gasteiger partial charge in [-0.2, -0.15) is 0 Å². The van der Waals surface area contributed by atoms with Gasteiger partial charge in [0.05, 0.1) is 16.4 Å². The molecule has 1 N–H and O–H groups in total. The molecule has 0 aliphatic rings. The van der Waals surface area contributed by atoms with Crippen molar-refractivity contribution in [2.45, 2.75) is 6.54 Å². The number of carbonyl (C=O) groups is 1. The molecule has 2 aromatic carbocycles. The second-order valence-corrected chi connectivity index (χ2v) is 7.19. The van der Waals surface area contributed by atoms with Gasteiger partial charge in [-0.3, -0.25) is 9.78 Å². The number of aromatic nitrogens is 2. The van der Waals surface area contributed by atoms with Crippen LogP contribution in [0.25, 0.3) is 16.3 Å². The lowest BCUT2D eigenvalue weighted by Gasteiger charge is -2.08. The summed E-state index contributed by atoms with van der Waals surface area (Å²) in [7, 11) is 0. The summed E-state index contributed by atoms with van der Waals surface area (Å²) in [5.41, 5.74) is 1.53. The first-order chi connectivity index (χ1) is 14.2. The Hall–Kier alpha value is -3.58. The lowest BCUT2D eigenvalue weighted by atomic mass is 10.2. The minimum Gasteiger partial charge on any atom is -0.453 e. The van der Waals surface area contributed by atoms with E-state index in [-0.39, 0.29) is 18.2 Å². The lowest BCUT2D eigenvalue weighted by Crippen LogP contribution is -2.20. The maximum atomic E-state index is 14.3. The number of nitrogens with zero attached hydrogens (tertiary/aromatic N) is 2. The van der Waals surface area contributed by atoms with Crippen LogP contribution in [0, 0.1) is 5.82 Å². The predicted octanol–water partition coefficient (Wildman–Crippen LogP) is 4.95. The number of benzene rings is 2. The summed E-state index contributed by atoms with van der Waals surface area (Å²) < 4.78 is 20.8. The van der Waals surface area contributed by atoms with Crippen molar-refractivity contribution in [3.8, 4) is 11.5 Å². The Labute approximate surface area is 170 Å². The number of carbonyl (C=O) groups excluding carboxylic acids is 1. The van der Waals surface area contributed by atoms with Crippen LogP contribution in [0.15, 0.2) is 73.1 Å². The van der Waals surface area contributed by atoms with E-state index in [2.05, 4.69) is 15.3 Å². The van der Waals surface area contributed by atoms with Crippen molar-refractivity contribution in [1.29, 1.82) is 0 Å². The average Bonchev–Trinajstić information content (AvgIpc) is 3.16. The molecule has 2 heterocycles. The highest BCUT2D eigenvalue weighted by Gasteiger charge is 2.07. The minimum absolute atomic E-state index is 0.101. The first kappa shape index (κ1) is 18.8. The monoisotopic (exact) mass is 405 g/mol. The molecule has 4 aromatic rings. The number of halogens is 1. The van der Waals surface area contributed by atoms with Crippen molar-refractivity contribution in [1.82, 2.24) is 15.3 Å². The zero-order chi connectivity index (χ0) is 20.1. The number of nitrogens with one attached hydrogen (secondary N) is 1. The Balaban J connectivity index is 1.34. The van der Waals surface area contributed by atoms with Gasteiger partial charge >= 0.3 is 0 Å². The van der Waals surface area contributed by atoms with Crippen molar-refractivity contribution in [3.05, 3.63) is 89.5 Å². The number of hydrogen-bond donors (Lipinski definition) is 1. The molecule has 0 radical (unpaired) electrons. The van der Waals surface area contributed by atoms with Gasteiger partial charge in [-0.15, -0.1) is 11.3 Å². The van der Waals surface area contributed by atoms with Crippen molar-refractivity contribution in [3.63, 3.8) is 0 Å². The number of hydrogen-bond acceptors (Lipinski definition) is 5. The molecule has 0 saturated heterocycles. The molecule has 0 aliphatic heterocycles. The van der Waals surface area contributed by atoms with Crippen molar-refractivity contribution >= 4 is 33.5 Å². The van der Waals surface area contributed by atoms with Crippen LogP contribution >= 0.6 is 11.3 Å². The van der Waals surface area contributed by atoms with Crippen LogP contribution in [0.3, 0.4) is 0 Å². The van der Waals surface area contributed by atoms with Crippen LogP contribution < -0.4 is 10.1 Å². The molecule has 29 heavy (non-hydrogen) atoms. The van der Waals surface area contributed by atoms with Gasteiger partial charge in [0.1, 0.15) is 10.8 Å². The molecule has 0 fully saturated rings. The van der Waals surface area contributed by atoms with Gasteiger partial charge in [-0.1, -0.05) is 18.2 Å². The molecule has 5 nitrogen and oxygen atoms in total. The molecule has 0 unspecified atom stereocenters. The van der Waals surface area contributed by atoms with Gasteiger partial charge in [-0.05, 0) is 48.0 Å². The smallest absolute Gasteiger partial charge is 0.244 e. The molecule has 0 saturated carbocycles. The van der Waals surface area contributed by atoms with E-state index in [1.54, 1.807) is 30.5 Å². The Morgan fingerprint density at radius 1 is 1.17 bits per heavy atom. The first-order valence-electron chi connectivity index (χ1n) is 8.85. The number of amides is 1. The third-order valence-electron chi connectivity index (χ3n) is 4.01. The average molecular weight is 405 g/mol. The van der Waals surface area contributed by atoms with Crippen LogP contribution in [0.4, 0.5) is 4.39 Å². The molecule has 0 bridgehead atoms. The maximum Gasteiger partial charge on any atom is 0.244 e. The molecule has 144 valence electrons. The molecular weight excluding hydrogens is 389 g/mol. The van der Waals surface area contributed by atoms with Gasteiger partial charge < -0.3 is 10.1 Å². The highest BCUT2D eigenvalue weighted by molar-refractivity contribution is 7.19. The van der Waals surface area contributed by atoms with Crippen LogP contribution in [0.1, 0.15) is 10.6 Å². The van der Waals surface area contributed by atoms with Crippen molar-refractivity contribution < 1.29 is 13.9 Å². The van der Waals surface area contributed by atoms with Gasteiger partial charge in [0.25, 0.3) is 0 Å². The number of para-hydroxylation sites is 1. The zero-order valence-corrected chi connectivity index (χ0v) is 16.0. The SMILES string of the molecule is O=C(/C=C/c1nc2ccccc2s1)NCc1ccc(Oc2cccnc2)c(F)c1. The quantitative estimate of drug-likeness (QED) is 0.461. The summed E-state index contributed by atoms with van der Waals surface area (Å²) in [4.78, 5) is 20.4.